The van der Waals surface area contributed by atoms with Gasteiger partial charge in [-0.2, -0.15) is 13.2 Å². The Morgan fingerprint density at radius 3 is 2.59 bits per heavy atom. The van der Waals surface area contributed by atoms with Crippen LogP contribution < -0.4 is 5.56 Å². The van der Waals surface area contributed by atoms with Crippen molar-refractivity contribution >= 4 is 26.7 Å². The van der Waals surface area contributed by atoms with Gasteiger partial charge in [0, 0.05) is 29.3 Å². The first-order valence-corrected chi connectivity index (χ1v) is 5.32. The van der Waals surface area contributed by atoms with E-state index in [1.54, 1.807) is 0 Å². The van der Waals surface area contributed by atoms with Crippen LogP contribution in [0.5, 0.6) is 0 Å². The number of halogens is 4. The molecule has 0 spiro atoms. The van der Waals surface area contributed by atoms with E-state index in [0.29, 0.717) is 4.47 Å². The van der Waals surface area contributed by atoms with Crippen LogP contribution >= 0.6 is 15.9 Å². The van der Waals surface area contributed by atoms with Crippen LogP contribution in [0.1, 0.15) is 5.69 Å². The molecule has 90 valence electrons. The fraction of sp³-hybridized carbons (Fsp3) is 0.200. The molecule has 0 amide bonds. The number of nitrogens with zero attached hydrogens (tertiary/aromatic N) is 2. The van der Waals surface area contributed by atoms with Crippen LogP contribution in [0.2, 0.25) is 0 Å². The molecule has 0 saturated carbocycles. The van der Waals surface area contributed by atoms with E-state index in [1.807, 2.05) is 0 Å². The quantitative estimate of drug-likeness (QED) is 0.750. The lowest BCUT2D eigenvalue weighted by atomic mass is 10.2. The lowest BCUT2D eigenvalue weighted by Crippen LogP contribution is -2.17. The average molecular weight is 307 g/mol. The van der Waals surface area contributed by atoms with Gasteiger partial charge in [-0.15, -0.1) is 0 Å². The molecule has 0 atom stereocenters. The summed E-state index contributed by atoms with van der Waals surface area (Å²) in [5.74, 6) is 0. The molecule has 0 aromatic carbocycles. The number of aryl methyl sites for hydroxylation is 1. The third-order valence-corrected chi connectivity index (χ3v) is 2.94. The van der Waals surface area contributed by atoms with E-state index in [0.717, 1.165) is 12.3 Å². The van der Waals surface area contributed by atoms with Crippen LogP contribution in [0.15, 0.2) is 27.7 Å². The van der Waals surface area contributed by atoms with E-state index in [1.165, 1.54) is 17.8 Å². The predicted molar refractivity (Wildman–Crippen MR) is 59.7 cm³/mol. The van der Waals surface area contributed by atoms with Crippen molar-refractivity contribution in [3.63, 3.8) is 0 Å². The second kappa shape index (κ2) is 3.83. The SMILES string of the molecule is Cn1cc(Br)c2cc(C(F)(F)F)ncc2c1=O. The van der Waals surface area contributed by atoms with Crippen molar-refractivity contribution in [2.75, 3.05) is 0 Å². The summed E-state index contributed by atoms with van der Waals surface area (Å²) >= 11 is 3.13. The van der Waals surface area contributed by atoms with Gasteiger partial charge in [-0.25, -0.2) is 0 Å². The third-order valence-electron chi connectivity index (χ3n) is 2.31. The number of rotatable bonds is 0. The van der Waals surface area contributed by atoms with Crippen molar-refractivity contribution in [3.05, 3.63) is 39.0 Å². The zero-order valence-electron chi connectivity index (χ0n) is 8.55. The molecular weight excluding hydrogens is 301 g/mol. The molecule has 2 aromatic rings. The minimum absolute atomic E-state index is 0.148. The Bertz CT molecular complexity index is 648. The normalized spacial score (nSPS) is 12.1. The highest BCUT2D eigenvalue weighted by Crippen LogP contribution is 2.30. The lowest BCUT2D eigenvalue weighted by Gasteiger charge is -2.08. The molecule has 0 N–H and O–H groups in total. The highest BCUT2D eigenvalue weighted by Gasteiger charge is 2.32. The van der Waals surface area contributed by atoms with Gasteiger partial charge in [0.05, 0.1) is 5.39 Å². The van der Waals surface area contributed by atoms with Crippen LogP contribution in [0.4, 0.5) is 13.2 Å². The zero-order chi connectivity index (χ0) is 12.8. The Morgan fingerprint density at radius 2 is 2.00 bits per heavy atom. The maximum absolute atomic E-state index is 12.5. The van der Waals surface area contributed by atoms with Crippen molar-refractivity contribution in [2.24, 2.45) is 7.05 Å². The first-order valence-electron chi connectivity index (χ1n) is 4.53. The van der Waals surface area contributed by atoms with Crippen LogP contribution in [-0.4, -0.2) is 9.55 Å². The minimum Gasteiger partial charge on any atom is -0.317 e. The molecule has 0 unspecified atom stereocenters. The highest BCUT2D eigenvalue weighted by molar-refractivity contribution is 9.10. The summed E-state index contributed by atoms with van der Waals surface area (Å²) in [5, 5.41) is 0.352. The largest absolute Gasteiger partial charge is 0.433 e. The van der Waals surface area contributed by atoms with E-state index < -0.39 is 11.9 Å². The molecule has 0 fully saturated rings. The van der Waals surface area contributed by atoms with Crippen LogP contribution in [-0.2, 0) is 13.2 Å². The minimum atomic E-state index is -4.52. The van der Waals surface area contributed by atoms with E-state index in [-0.39, 0.29) is 16.3 Å². The number of fused-ring (bicyclic) bond motifs is 1. The van der Waals surface area contributed by atoms with Gasteiger partial charge in [-0.3, -0.25) is 9.78 Å². The molecule has 2 aromatic heterocycles. The fourth-order valence-electron chi connectivity index (χ4n) is 1.47. The molecule has 3 nitrogen and oxygen atoms in total. The number of pyridine rings is 2. The van der Waals surface area contributed by atoms with E-state index in [9.17, 15) is 18.0 Å². The van der Waals surface area contributed by atoms with E-state index in [2.05, 4.69) is 20.9 Å². The van der Waals surface area contributed by atoms with Crippen molar-refractivity contribution in [2.45, 2.75) is 6.18 Å². The Kier molecular flexibility index (Phi) is 2.73. The van der Waals surface area contributed by atoms with Crippen molar-refractivity contribution < 1.29 is 13.2 Å². The molecule has 0 radical (unpaired) electrons. The van der Waals surface area contributed by atoms with Gasteiger partial charge in [0.15, 0.2) is 0 Å². The Morgan fingerprint density at radius 1 is 1.35 bits per heavy atom. The van der Waals surface area contributed by atoms with E-state index in [4.69, 9.17) is 0 Å². The average Bonchev–Trinajstić information content (AvgIpc) is 2.24. The molecule has 0 saturated heterocycles. The van der Waals surface area contributed by atoms with E-state index >= 15 is 0 Å². The third kappa shape index (κ3) is 2.06. The Labute approximate surface area is 102 Å². The van der Waals surface area contributed by atoms with Gasteiger partial charge in [0.1, 0.15) is 5.69 Å². The molecule has 0 aliphatic carbocycles. The smallest absolute Gasteiger partial charge is 0.317 e. The zero-order valence-corrected chi connectivity index (χ0v) is 10.1. The predicted octanol–water partition coefficient (Wildman–Crippen LogP) is 2.71. The first kappa shape index (κ1) is 12.1. The number of aromatic nitrogens is 2. The Balaban J connectivity index is 2.84. The number of hydrogen-bond donors (Lipinski definition) is 0. The highest BCUT2D eigenvalue weighted by atomic mass is 79.9. The van der Waals surface area contributed by atoms with Gasteiger partial charge in [0.25, 0.3) is 5.56 Å². The molecule has 0 bridgehead atoms. The summed E-state index contributed by atoms with van der Waals surface area (Å²) in [4.78, 5) is 14.9. The molecule has 2 rings (SSSR count). The second-order valence-corrected chi connectivity index (χ2v) is 4.36. The first-order chi connectivity index (χ1) is 7.80. The summed E-state index contributed by atoms with van der Waals surface area (Å²) in [6.07, 6.45) is -2.15. The molecule has 0 aliphatic heterocycles. The van der Waals surface area contributed by atoms with Crippen LogP contribution in [0, 0.1) is 0 Å². The maximum atomic E-state index is 12.5. The molecular formula is C10H6BrF3N2O. The maximum Gasteiger partial charge on any atom is 0.433 e. The van der Waals surface area contributed by atoms with Crippen molar-refractivity contribution in [1.82, 2.24) is 9.55 Å². The summed E-state index contributed by atoms with van der Waals surface area (Å²) in [7, 11) is 1.52. The lowest BCUT2D eigenvalue weighted by molar-refractivity contribution is -0.141. The summed E-state index contributed by atoms with van der Waals surface area (Å²) in [6, 6.07) is 0.862. The van der Waals surface area contributed by atoms with Gasteiger partial charge < -0.3 is 4.57 Å². The standard InChI is InChI=1S/C10H6BrF3N2O/c1-16-4-7(11)5-2-8(10(12,13)14)15-3-6(5)9(16)17/h2-4H,1H3. The topological polar surface area (TPSA) is 34.9 Å². The van der Waals surface area contributed by atoms with Gasteiger partial charge in [-0.1, -0.05) is 0 Å². The van der Waals surface area contributed by atoms with Gasteiger partial charge in [0.2, 0.25) is 0 Å². The molecule has 7 heteroatoms. The fourth-order valence-corrected chi connectivity index (χ4v) is 2.10. The summed E-state index contributed by atoms with van der Waals surface area (Å²) < 4.78 is 39.1. The monoisotopic (exact) mass is 306 g/mol. The van der Waals surface area contributed by atoms with Crippen molar-refractivity contribution in [1.29, 1.82) is 0 Å². The van der Waals surface area contributed by atoms with Crippen LogP contribution in [0.3, 0.4) is 0 Å². The molecule has 17 heavy (non-hydrogen) atoms. The van der Waals surface area contributed by atoms with Crippen LogP contribution in [0.25, 0.3) is 10.8 Å². The molecule has 2 heterocycles. The summed E-state index contributed by atoms with van der Waals surface area (Å²) in [6.45, 7) is 0. The number of alkyl halides is 3. The van der Waals surface area contributed by atoms with Gasteiger partial charge in [-0.05, 0) is 22.0 Å². The molecule has 0 aliphatic rings. The summed E-state index contributed by atoms with van der Waals surface area (Å²) in [5.41, 5.74) is -1.40. The van der Waals surface area contributed by atoms with Crippen molar-refractivity contribution in [3.8, 4) is 0 Å². The number of hydrogen-bond acceptors (Lipinski definition) is 2. The Hall–Kier alpha value is -1.37. The van der Waals surface area contributed by atoms with Gasteiger partial charge >= 0.3 is 6.18 Å². The second-order valence-electron chi connectivity index (χ2n) is 3.51.